The molecule has 3 saturated carbocycles. The lowest BCUT2D eigenvalue weighted by atomic mass is 9.64. The minimum atomic E-state index is -4.34. The summed E-state index contributed by atoms with van der Waals surface area (Å²) in [6.45, 7) is 6.14. The average molecular weight is 536 g/mol. The minimum Gasteiger partial charge on any atom is -0.469 e. The molecule has 1 aromatic rings. The molecule has 6 heteroatoms. The van der Waals surface area contributed by atoms with E-state index in [-0.39, 0.29) is 17.8 Å². The SMILES string of the molecule is COC(=O)C(C)(C)C1CCC(N(CC2CCCCC2)CC2CCCCC2)C(c2ccc(C(F)(F)F)cc2)C1. The van der Waals surface area contributed by atoms with E-state index in [1.165, 1.54) is 83.5 Å². The predicted octanol–water partition coefficient (Wildman–Crippen LogP) is 8.62. The third-order valence-corrected chi connectivity index (χ3v) is 10.1. The van der Waals surface area contributed by atoms with Crippen LogP contribution in [0.2, 0.25) is 0 Å². The van der Waals surface area contributed by atoms with Crippen LogP contribution in [0.15, 0.2) is 24.3 Å². The monoisotopic (exact) mass is 535 g/mol. The van der Waals surface area contributed by atoms with Crippen molar-refractivity contribution >= 4 is 5.97 Å². The van der Waals surface area contributed by atoms with Crippen LogP contribution in [0.4, 0.5) is 13.2 Å². The van der Waals surface area contributed by atoms with E-state index in [9.17, 15) is 18.0 Å². The first-order valence-corrected chi connectivity index (χ1v) is 15.1. The Hall–Kier alpha value is -1.56. The fourth-order valence-electron chi connectivity index (χ4n) is 7.70. The van der Waals surface area contributed by atoms with Gasteiger partial charge in [-0.1, -0.05) is 50.7 Å². The maximum atomic E-state index is 13.4. The lowest BCUT2D eigenvalue weighted by Crippen LogP contribution is -2.49. The number of nitrogens with zero attached hydrogens (tertiary/aromatic N) is 1. The second-order valence-corrected chi connectivity index (χ2v) is 13.0. The Balaban J connectivity index is 1.64. The molecule has 3 atom stereocenters. The average Bonchev–Trinajstić information content (AvgIpc) is 2.92. The predicted molar refractivity (Wildman–Crippen MR) is 146 cm³/mol. The van der Waals surface area contributed by atoms with Crippen LogP contribution in [-0.2, 0) is 15.7 Å². The van der Waals surface area contributed by atoms with E-state index in [1.54, 1.807) is 12.1 Å². The molecule has 0 bridgehead atoms. The van der Waals surface area contributed by atoms with Crippen LogP contribution in [-0.4, -0.2) is 37.1 Å². The molecule has 0 N–H and O–H groups in total. The summed E-state index contributed by atoms with van der Waals surface area (Å²) in [5.74, 6) is 1.46. The molecule has 38 heavy (non-hydrogen) atoms. The van der Waals surface area contributed by atoms with Gasteiger partial charge in [-0.3, -0.25) is 9.69 Å². The molecule has 0 radical (unpaired) electrons. The number of carbonyl (C=O) groups excluding carboxylic acids is 1. The number of esters is 1. The number of hydrogen-bond donors (Lipinski definition) is 0. The highest BCUT2D eigenvalue weighted by atomic mass is 19.4. The van der Waals surface area contributed by atoms with Crippen LogP contribution in [0.5, 0.6) is 0 Å². The van der Waals surface area contributed by atoms with E-state index >= 15 is 0 Å². The third kappa shape index (κ3) is 7.14. The topological polar surface area (TPSA) is 29.5 Å². The Bertz CT molecular complexity index is 865. The Labute approximate surface area is 227 Å². The van der Waals surface area contributed by atoms with Gasteiger partial charge in [0.25, 0.3) is 0 Å². The Morgan fingerprint density at radius 1 is 0.842 bits per heavy atom. The van der Waals surface area contributed by atoms with Gasteiger partial charge in [0, 0.05) is 19.1 Å². The van der Waals surface area contributed by atoms with Crippen LogP contribution in [0, 0.1) is 23.2 Å². The van der Waals surface area contributed by atoms with Crippen molar-refractivity contribution < 1.29 is 22.7 Å². The molecule has 0 saturated heterocycles. The number of ether oxygens (including phenoxy) is 1. The second kappa shape index (κ2) is 12.7. The van der Waals surface area contributed by atoms with Gasteiger partial charge in [0.05, 0.1) is 18.1 Å². The largest absolute Gasteiger partial charge is 0.469 e. The van der Waals surface area contributed by atoms with Crippen molar-refractivity contribution in [3.8, 4) is 0 Å². The maximum absolute atomic E-state index is 13.4. The molecular weight excluding hydrogens is 487 g/mol. The molecule has 214 valence electrons. The summed E-state index contributed by atoms with van der Waals surface area (Å²) in [5, 5.41) is 0. The fourth-order valence-corrected chi connectivity index (χ4v) is 7.70. The Morgan fingerprint density at radius 2 is 1.37 bits per heavy atom. The number of alkyl halides is 3. The number of halogens is 3. The first-order valence-electron chi connectivity index (χ1n) is 15.1. The zero-order chi connectivity index (χ0) is 27.3. The first-order chi connectivity index (χ1) is 18.1. The van der Waals surface area contributed by atoms with Crippen molar-refractivity contribution in [2.24, 2.45) is 23.2 Å². The van der Waals surface area contributed by atoms with Gasteiger partial charge in [-0.2, -0.15) is 13.2 Å². The van der Waals surface area contributed by atoms with Crippen molar-refractivity contribution in [2.45, 2.75) is 115 Å². The van der Waals surface area contributed by atoms with Gasteiger partial charge < -0.3 is 4.74 Å². The van der Waals surface area contributed by atoms with Gasteiger partial charge in [-0.15, -0.1) is 0 Å². The van der Waals surface area contributed by atoms with Crippen LogP contribution >= 0.6 is 0 Å². The van der Waals surface area contributed by atoms with Gasteiger partial charge in [-0.05, 0) is 100 Å². The van der Waals surface area contributed by atoms with Gasteiger partial charge in [0.1, 0.15) is 0 Å². The molecule has 0 aromatic heterocycles. The van der Waals surface area contributed by atoms with E-state index < -0.39 is 17.2 Å². The molecule has 0 aliphatic heterocycles. The molecule has 3 aliphatic carbocycles. The van der Waals surface area contributed by atoms with E-state index in [0.717, 1.165) is 37.9 Å². The highest BCUT2D eigenvalue weighted by molar-refractivity contribution is 5.76. The van der Waals surface area contributed by atoms with Crippen molar-refractivity contribution in [2.75, 3.05) is 20.2 Å². The Morgan fingerprint density at radius 3 is 1.84 bits per heavy atom. The molecule has 3 fully saturated rings. The zero-order valence-electron chi connectivity index (χ0n) is 23.7. The summed E-state index contributed by atoms with van der Waals surface area (Å²) in [6.07, 6.45) is 11.4. The van der Waals surface area contributed by atoms with E-state index in [1.807, 2.05) is 13.8 Å². The van der Waals surface area contributed by atoms with Crippen LogP contribution in [0.3, 0.4) is 0 Å². The number of rotatable bonds is 8. The second-order valence-electron chi connectivity index (χ2n) is 13.0. The van der Waals surface area contributed by atoms with Gasteiger partial charge in [0.2, 0.25) is 0 Å². The number of methoxy groups -OCH3 is 1. The van der Waals surface area contributed by atoms with Crippen LogP contribution in [0.1, 0.15) is 114 Å². The van der Waals surface area contributed by atoms with Crippen molar-refractivity contribution in [3.63, 3.8) is 0 Å². The van der Waals surface area contributed by atoms with Crippen molar-refractivity contribution in [1.82, 2.24) is 4.90 Å². The molecule has 0 amide bonds. The number of hydrogen-bond acceptors (Lipinski definition) is 3. The van der Waals surface area contributed by atoms with Gasteiger partial charge >= 0.3 is 12.1 Å². The molecule has 0 heterocycles. The summed E-state index contributed by atoms with van der Waals surface area (Å²) in [6, 6.07) is 6.18. The summed E-state index contributed by atoms with van der Waals surface area (Å²) in [5.41, 5.74) is -0.242. The lowest BCUT2D eigenvalue weighted by molar-refractivity contribution is -0.155. The van der Waals surface area contributed by atoms with E-state index in [4.69, 9.17) is 4.74 Å². The quantitative estimate of drug-likeness (QED) is 0.312. The molecule has 0 spiro atoms. The van der Waals surface area contributed by atoms with Gasteiger partial charge in [0.15, 0.2) is 0 Å². The molecule has 4 rings (SSSR count). The maximum Gasteiger partial charge on any atom is 0.416 e. The summed E-state index contributed by atoms with van der Waals surface area (Å²) < 4.78 is 45.3. The lowest BCUT2D eigenvalue weighted by Gasteiger charge is -2.48. The van der Waals surface area contributed by atoms with E-state index in [2.05, 4.69) is 4.90 Å². The summed E-state index contributed by atoms with van der Waals surface area (Å²) >= 11 is 0. The Kier molecular flexibility index (Phi) is 9.87. The molecule has 3 aliphatic rings. The highest BCUT2D eigenvalue weighted by Gasteiger charge is 2.45. The van der Waals surface area contributed by atoms with Crippen LogP contribution < -0.4 is 0 Å². The van der Waals surface area contributed by atoms with Crippen LogP contribution in [0.25, 0.3) is 0 Å². The fraction of sp³-hybridized carbons (Fsp3) is 0.781. The standard InChI is InChI=1S/C32H48F3NO2/c1-31(2,30(37)38-3)27-18-19-29(28(20-27)25-14-16-26(17-15-25)32(33,34)35)36(21-23-10-6-4-7-11-23)22-24-12-8-5-9-13-24/h14-17,23-24,27-29H,4-13,18-22H2,1-3H3. The normalized spacial score (nSPS) is 26.4. The number of carbonyl (C=O) groups is 1. The summed E-state index contributed by atoms with van der Waals surface area (Å²) in [4.78, 5) is 15.5. The zero-order valence-corrected chi connectivity index (χ0v) is 23.7. The third-order valence-electron chi connectivity index (χ3n) is 10.1. The van der Waals surface area contributed by atoms with Crippen molar-refractivity contribution in [3.05, 3.63) is 35.4 Å². The number of benzene rings is 1. The van der Waals surface area contributed by atoms with E-state index in [0.29, 0.717) is 17.9 Å². The smallest absolute Gasteiger partial charge is 0.416 e. The molecular formula is C32H48F3NO2. The minimum absolute atomic E-state index is 0.104. The van der Waals surface area contributed by atoms with Crippen molar-refractivity contribution in [1.29, 1.82) is 0 Å². The molecule has 3 unspecified atom stereocenters. The molecule has 3 nitrogen and oxygen atoms in total. The molecule has 1 aromatic carbocycles. The summed E-state index contributed by atoms with van der Waals surface area (Å²) in [7, 11) is 1.44. The first kappa shape index (κ1) is 29.4. The van der Waals surface area contributed by atoms with Gasteiger partial charge in [-0.25, -0.2) is 0 Å². The highest BCUT2D eigenvalue weighted by Crippen LogP contribution is 2.47.